The lowest BCUT2D eigenvalue weighted by atomic mass is 10.2. The number of carbonyl (C=O) groups excluding carboxylic acids is 1. The van der Waals surface area contributed by atoms with Gasteiger partial charge in [0.15, 0.2) is 11.5 Å². The predicted octanol–water partition coefficient (Wildman–Crippen LogP) is 5.03. The fourth-order valence-corrected chi connectivity index (χ4v) is 3.93. The highest BCUT2D eigenvalue weighted by molar-refractivity contribution is 8.26. The van der Waals surface area contributed by atoms with Crippen molar-refractivity contribution >= 4 is 51.9 Å². The van der Waals surface area contributed by atoms with Crippen LogP contribution >= 0.6 is 35.6 Å². The summed E-state index contributed by atoms with van der Waals surface area (Å²) in [4.78, 5) is 14.2. The van der Waals surface area contributed by atoms with Crippen LogP contribution in [0.25, 0.3) is 6.08 Å². The van der Waals surface area contributed by atoms with Gasteiger partial charge in [0.25, 0.3) is 5.91 Å². The minimum absolute atomic E-state index is 0.102. The number of carbonyl (C=O) groups is 1. The first-order valence-electron chi connectivity index (χ1n) is 8.98. The molecule has 29 heavy (non-hydrogen) atoms. The molecule has 152 valence electrons. The second-order valence-corrected chi connectivity index (χ2v) is 8.09. The topological polar surface area (TPSA) is 48.0 Å². The molecule has 0 radical (unpaired) electrons. The van der Waals surface area contributed by atoms with E-state index in [-0.39, 0.29) is 5.91 Å². The van der Waals surface area contributed by atoms with Gasteiger partial charge >= 0.3 is 0 Å². The predicted molar refractivity (Wildman–Crippen MR) is 121 cm³/mol. The van der Waals surface area contributed by atoms with Gasteiger partial charge in [0, 0.05) is 7.05 Å². The van der Waals surface area contributed by atoms with Gasteiger partial charge in [-0.2, -0.15) is 0 Å². The molecule has 0 N–H and O–H groups in total. The summed E-state index contributed by atoms with van der Waals surface area (Å²) in [7, 11) is 1.67. The number of para-hydroxylation sites is 1. The van der Waals surface area contributed by atoms with Crippen molar-refractivity contribution in [2.45, 2.75) is 6.92 Å². The number of halogens is 1. The van der Waals surface area contributed by atoms with E-state index in [0.717, 1.165) is 5.56 Å². The Morgan fingerprint density at radius 1 is 1.07 bits per heavy atom. The largest absolute Gasteiger partial charge is 0.490 e. The molecular weight excluding hydrogens is 430 g/mol. The van der Waals surface area contributed by atoms with Crippen molar-refractivity contribution < 1.29 is 19.0 Å². The lowest BCUT2D eigenvalue weighted by Crippen LogP contribution is -2.22. The van der Waals surface area contributed by atoms with Crippen LogP contribution in [0.15, 0.2) is 47.4 Å². The summed E-state index contributed by atoms with van der Waals surface area (Å²) in [5.74, 6) is 1.72. The Labute approximate surface area is 184 Å². The molecule has 1 saturated heterocycles. The zero-order valence-electron chi connectivity index (χ0n) is 16.0. The molecule has 2 aromatic rings. The average Bonchev–Trinajstić information content (AvgIpc) is 2.95. The maximum atomic E-state index is 12.2. The van der Waals surface area contributed by atoms with Crippen LogP contribution in [0.3, 0.4) is 0 Å². The van der Waals surface area contributed by atoms with Gasteiger partial charge in [-0.25, -0.2) is 0 Å². The van der Waals surface area contributed by atoms with E-state index in [1.54, 1.807) is 19.2 Å². The lowest BCUT2D eigenvalue weighted by molar-refractivity contribution is -0.121. The quantitative estimate of drug-likeness (QED) is 0.320. The zero-order valence-corrected chi connectivity index (χ0v) is 18.4. The van der Waals surface area contributed by atoms with E-state index in [2.05, 4.69) is 0 Å². The molecule has 1 aliphatic heterocycles. The number of thiocarbonyl (C=S) groups is 1. The fourth-order valence-electron chi connectivity index (χ4n) is 2.56. The maximum Gasteiger partial charge on any atom is 0.265 e. The Balaban J connectivity index is 1.66. The van der Waals surface area contributed by atoms with Crippen LogP contribution in [0.4, 0.5) is 0 Å². The first kappa shape index (κ1) is 21.5. The highest BCUT2D eigenvalue weighted by Gasteiger charge is 2.28. The third-order valence-electron chi connectivity index (χ3n) is 3.99. The van der Waals surface area contributed by atoms with Gasteiger partial charge in [0.1, 0.15) is 23.3 Å². The van der Waals surface area contributed by atoms with E-state index in [1.807, 2.05) is 43.3 Å². The molecule has 3 rings (SSSR count). The molecule has 0 atom stereocenters. The van der Waals surface area contributed by atoms with Crippen LogP contribution < -0.4 is 14.2 Å². The normalized spacial score (nSPS) is 15.1. The fraction of sp³-hybridized carbons (Fsp3) is 0.238. The summed E-state index contributed by atoms with van der Waals surface area (Å²) in [6.45, 7) is 3.07. The van der Waals surface area contributed by atoms with Crippen LogP contribution in [0.2, 0.25) is 5.02 Å². The van der Waals surface area contributed by atoms with Gasteiger partial charge in [-0.05, 0) is 42.8 Å². The molecule has 2 aromatic carbocycles. The van der Waals surface area contributed by atoms with E-state index >= 15 is 0 Å². The van der Waals surface area contributed by atoms with Gasteiger partial charge in [-0.3, -0.25) is 9.69 Å². The van der Waals surface area contributed by atoms with Gasteiger partial charge < -0.3 is 14.2 Å². The second-order valence-electron chi connectivity index (χ2n) is 6.01. The van der Waals surface area contributed by atoms with Crippen LogP contribution in [-0.4, -0.2) is 42.0 Å². The first-order chi connectivity index (χ1) is 14.0. The summed E-state index contributed by atoms with van der Waals surface area (Å²) in [6, 6.07) is 12.8. The van der Waals surface area contributed by atoms with E-state index in [9.17, 15) is 4.79 Å². The minimum Gasteiger partial charge on any atom is -0.490 e. The second kappa shape index (κ2) is 10.0. The van der Waals surface area contributed by atoms with Crippen LogP contribution in [0.5, 0.6) is 17.2 Å². The molecule has 8 heteroatoms. The molecule has 0 aromatic heterocycles. The highest BCUT2D eigenvalue weighted by atomic mass is 35.5. The Morgan fingerprint density at radius 2 is 1.79 bits per heavy atom. The Hall–Kier alpha value is -2.22. The number of rotatable bonds is 8. The van der Waals surface area contributed by atoms with Crippen molar-refractivity contribution in [3.63, 3.8) is 0 Å². The standard InChI is InChI=1S/C21H20ClNO4S2/c1-3-25-18-12-14(13-19-20(24)23(2)21(28)29-19)8-9-17(18)27-11-10-26-16-7-5-4-6-15(16)22/h4-9,12-13H,3,10-11H2,1-2H3. The molecule has 0 spiro atoms. The molecular formula is C21H20ClNO4S2. The van der Waals surface area contributed by atoms with Crippen molar-refractivity contribution in [3.8, 4) is 17.2 Å². The Kier molecular flexibility index (Phi) is 7.41. The van der Waals surface area contributed by atoms with Crippen molar-refractivity contribution in [3.05, 3.63) is 58.0 Å². The molecule has 0 unspecified atom stereocenters. The smallest absolute Gasteiger partial charge is 0.265 e. The molecule has 0 bridgehead atoms. The van der Waals surface area contributed by atoms with Crippen LogP contribution in [0, 0.1) is 0 Å². The van der Waals surface area contributed by atoms with Crippen molar-refractivity contribution in [2.24, 2.45) is 0 Å². The molecule has 1 fully saturated rings. The van der Waals surface area contributed by atoms with E-state index in [1.165, 1.54) is 16.7 Å². The summed E-state index contributed by atoms with van der Waals surface area (Å²) in [6.07, 6.45) is 1.80. The van der Waals surface area contributed by atoms with Crippen molar-refractivity contribution in [1.29, 1.82) is 0 Å². The summed E-state index contributed by atoms with van der Waals surface area (Å²) in [5.41, 5.74) is 0.835. The minimum atomic E-state index is -0.102. The van der Waals surface area contributed by atoms with Crippen molar-refractivity contribution in [1.82, 2.24) is 4.90 Å². The molecule has 1 heterocycles. The summed E-state index contributed by atoms with van der Waals surface area (Å²) < 4.78 is 17.7. The number of likely N-dealkylation sites (N-methyl/N-ethyl adjacent to an activating group) is 1. The molecule has 5 nitrogen and oxygen atoms in total. The average molecular weight is 450 g/mol. The number of amides is 1. The van der Waals surface area contributed by atoms with Gasteiger partial charge in [0.05, 0.1) is 16.5 Å². The van der Waals surface area contributed by atoms with Crippen LogP contribution in [-0.2, 0) is 4.79 Å². The molecule has 0 aliphatic carbocycles. The van der Waals surface area contributed by atoms with Crippen molar-refractivity contribution in [2.75, 3.05) is 26.9 Å². The Morgan fingerprint density at radius 3 is 2.45 bits per heavy atom. The number of benzene rings is 2. The number of thioether (sulfide) groups is 1. The zero-order chi connectivity index (χ0) is 20.8. The number of ether oxygens (including phenoxy) is 3. The van der Waals surface area contributed by atoms with Crippen LogP contribution in [0.1, 0.15) is 12.5 Å². The lowest BCUT2D eigenvalue weighted by Gasteiger charge is -2.13. The monoisotopic (exact) mass is 449 g/mol. The number of hydrogen-bond acceptors (Lipinski definition) is 6. The summed E-state index contributed by atoms with van der Waals surface area (Å²) in [5, 5.41) is 0.560. The number of nitrogens with zero attached hydrogens (tertiary/aromatic N) is 1. The molecule has 1 aliphatic rings. The van der Waals surface area contributed by atoms with Gasteiger partial charge in [-0.1, -0.05) is 53.8 Å². The molecule has 1 amide bonds. The van der Waals surface area contributed by atoms with E-state index in [4.69, 9.17) is 38.0 Å². The molecule has 0 saturated carbocycles. The van der Waals surface area contributed by atoms with Gasteiger partial charge in [-0.15, -0.1) is 0 Å². The maximum absolute atomic E-state index is 12.2. The third kappa shape index (κ3) is 5.44. The van der Waals surface area contributed by atoms with E-state index < -0.39 is 0 Å². The Bertz CT molecular complexity index is 948. The number of hydrogen-bond donors (Lipinski definition) is 0. The first-order valence-corrected chi connectivity index (χ1v) is 10.6. The highest BCUT2D eigenvalue weighted by Crippen LogP contribution is 2.34. The van der Waals surface area contributed by atoms with E-state index in [0.29, 0.717) is 51.3 Å². The third-order valence-corrected chi connectivity index (χ3v) is 5.78. The van der Waals surface area contributed by atoms with Gasteiger partial charge in [0.2, 0.25) is 0 Å². The SMILES string of the molecule is CCOc1cc(C=C2SC(=S)N(C)C2=O)ccc1OCCOc1ccccc1Cl. The summed E-state index contributed by atoms with van der Waals surface area (Å²) >= 11 is 12.5.